The van der Waals surface area contributed by atoms with Crippen LogP contribution in [0.1, 0.15) is 28.2 Å². The molecule has 0 aliphatic carbocycles. The minimum atomic E-state index is -0.0175. The van der Waals surface area contributed by atoms with Crippen LogP contribution in [0.3, 0.4) is 0 Å². The highest BCUT2D eigenvalue weighted by Gasteiger charge is 2.05. The van der Waals surface area contributed by atoms with Gasteiger partial charge in [0.1, 0.15) is 0 Å². The van der Waals surface area contributed by atoms with Crippen molar-refractivity contribution in [1.82, 2.24) is 4.98 Å². The van der Waals surface area contributed by atoms with Crippen LogP contribution in [0.15, 0.2) is 12.1 Å². The third-order valence-electron chi connectivity index (χ3n) is 1.67. The molecule has 0 N–H and O–H groups in total. The predicted octanol–water partition coefficient (Wildman–Crippen LogP) is 1.90. The fourth-order valence-electron chi connectivity index (χ4n) is 1.19. The van der Waals surface area contributed by atoms with E-state index in [1.807, 2.05) is 13.8 Å². The lowest BCUT2D eigenvalue weighted by Crippen LogP contribution is -2.00. The van der Waals surface area contributed by atoms with E-state index in [9.17, 15) is 4.79 Å². The molecule has 0 radical (unpaired) electrons. The van der Waals surface area contributed by atoms with E-state index < -0.39 is 0 Å². The second kappa shape index (κ2) is 3.86. The van der Waals surface area contributed by atoms with Gasteiger partial charge in [0.15, 0.2) is 5.78 Å². The van der Waals surface area contributed by atoms with E-state index in [0.717, 1.165) is 11.4 Å². The molecule has 2 nitrogen and oxygen atoms in total. The lowest BCUT2D eigenvalue weighted by molar-refractivity contribution is 0.0998. The van der Waals surface area contributed by atoms with Crippen LogP contribution in [0.5, 0.6) is 0 Å². The molecule has 0 aliphatic rings. The summed E-state index contributed by atoms with van der Waals surface area (Å²) in [6.45, 7) is 3.72. The average molecular weight is 173 g/mol. The van der Waals surface area contributed by atoms with Gasteiger partial charge in [-0.05, 0) is 26.0 Å². The van der Waals surface area contributed by atoms with Crippen molar-refractivity contribution in [2.24, 2.45) is 0 Å². The van der Waals surface area contributed by atoms with Gasteiger partial charge in [-0.15, -0.1) is 6.42 Å². The number of hydrogen-bond acceptors (Lipinski definition) is 2. The van der Waals surface area contributed by atoms with Gasteiger partial charge in [0.25, 0.3) is 0 Å². The quantitative estimate of drug-likeness (QED) is 0.505. The lowest BCUT2D eigenvalue weighted by atomic mass is 10.1. The van der Waals surface area contributed by atoms with Crippen molar-refractivity contribution in [1.29, 1.82) is 0 Å². The average Bonchev–Trinajstić information content (AvgIpc) is 2.03. The van der Waals surface area contributed by atoms with Crippen LogP contribution in [0.2, 0.25) is 0 Å². The number of Topliss-reactive ketones (excluding diaryl/α,β-unsaturated/α-hetero) is 1. The third-order valence-corrected chi connectivity index (χ3v) is 1.67. The second-order valence-electron chi connectivity index (χ2n) is 2.94. The molecule has 66 valence electrons. The Morgan fingerprint density at radius 2 is 2.00 bits per heavy atom. The van der Waals surface area contributed by atoms with Crippen LogP contribution < -0.4 is 0 Å². The van der Waals surface area contributed by atoms with E-state index in [4.69, 9.17) is 6.42 Å². The van der Waals surface area contributed by atoms with Crippen LogP contribution in [-0.2, 0) is 0 Å². The molecule has 0 aromatic carbocycles. The van der Waals surface area contributed by atoms with Crippen LogP contribution in [-0.4, -0.2) is 10.8 Å². The molecule has 0 atom stereocenters. The Balaban J connectivity index is 3.02. The first kappa shape index (κ1) is 9.47. The monoisotopic (exact) mass is 173 g/mol. The van der Waals surface area contributed by atoms with E-state index in [2.05, 4.69) is 10.9 Å². The number of nitrogens with zero attached hydrogens (tertiary/aromatic N) is 1. The van der Waals surface area contributed by atoms with E-state index in [1.54, 1.807) is 12.1 Å². The molecular weight excluding hydrogens is 162 g/mol. The Morgan fingerprint density at radius 1 is 1.46 bits per heavy atom. The Hall–Kier alpha value is -1.62. The van der Waals surface area contributed by atoms with Gasteiger partial charge >= 0.3 is 0 Å². The lowest BCUT2D eigenvalue weighted by Gasteiger charge is -2.00. The summed E-state index contributed by atoms with van der Waals surface area (Å²) in [7, 11) is 0. The molecule has 0 saturated carbocycles. The normalized spacial score (nSPS) is 9.31. The maximum atomic E-state index is 11.4. The Kier molecular flexibility index (Phi) is 2.81. The van der Waals surface area contributed by atoms with E-state index in [1.165, 1.54) is 0 Å². The van der Waals surface area contributed by atoms with Crippen LogP contribution >= 0.6 is 0 Å². The fourth-order valence-corrected chi connectivity index (χ4v) is 1.19. The number of terminal acetylenes is 1. The van der Waals surface area contributed by atoms with E-state index in [0.29, 0.717) is 5.56 Å². The van der Waals surface area contributed by atoms with Gasteiger partial charge in [0.2, 0.25) is 0 Å². The van der Waals surface area contributed by atoms with Crippen molar-refractivity contribution in [2.45, 2.75) is 20.3 Å². The molecule has 2 heteroatoms. The number of aromatic nitrogens is 1. The molecule has 1 rings (SSSR count). The van der Waals surface area contributed by atoms with Crippen LogP contribution in [0.25, 0.3) is 0 Å². The van der Waals surface area contributed by atoms with Crippen molar-refractivity contribution in [3.63, 3.8) is 0 Å². The van der Waals surface area contributed by atoms with Gasteiger partial charge in [-0.2, -0.15) is 0 Å². The molecule has 1 aromatic heterocycles. The zero-order chi connectivity index (χ0) is 9.84. The van der Waals surface area contributed by atoms with E-state index >= 15 is 0 Å². The molecule has 0 unspecified atom stereocenters. The summed E-state index contributed by atoms with van der Waals surface area (Å²) in [6.07, 6.45) is 5.21. The molecule has 13 heavy (non-hydrogen) atoms. The molecule has 0 amide bonds. The highest BCUT2D eigenvalue weighted by atomic mass is 16.1. The maximum absolute atomic E-state index is 11.4. The van der Waals surface area contributed by atoms with Crippen molar-refractivity contribution >= 4 is 5.78 Å². The summed E-state index contributed by atoms with van der Waals surface area (Å²) in [6, 6.07) is 3.51. The Labute approximate surface area is 78.0 Å². The van der Waals surface area contributed by atoms with Gasteiger partial charge in [-0.3, -0.25) is 9.78 Å². The van der Waals surface area contributed by atoms with Gasteiger partial charge in [-0.25, -0.2) is 0 Å². The summed E-state index contributed by atoms with van der Waals surface area (Å²) in [5.41, 5.74) is 2.35. The van der Waals surface area contributed by atoms with Gasteiger partial charge in [0.05, 0.1) is 6.42 Å². The molecule has 0 bridgehead atoms. The zero-order valence-corrected chi connectivity index (χ0v) is 7.79. The molecule has 1 aromatic rings. The number of ketones is 1. The minimum Gasteiger partial charge on any atom is -0.293 e. The summed E-state index contributed by atoms with van der Waals surface area (Å²) in [5.74, 6) is 2.32. The number of carbonyl (C=O) groups is 1. The van der Waals surface area contributed by atoms with Crippen molar-refractivity contribution in [2.75, 3.05) is 0 Å². The SMILES string of the molecule is C#CCC(=O)c1cc(C)nc(C)c1. The summed E-state index contributed by atoms with van der Waals surface area (Å²) in [5, 5.41) is 0. The summed E-state index contributed by atoms with van der Waals surface area (Å²) < 4.78 is 0. The smallest absolute Gasteiger partial charge is 0.174 e. The topological polar surface area (TPSA) is 30.0 Å². The first-order chi connectivity index (χ1) is 6.13. The Morgan fingerprint density at radius 3 is 2.46 bits per heavy atom. The van der Waals surface area contributed by atoms with Crippen LogP contribution in [0.4, 0.5) is 0 Å². The molecule has 0 saturated heterocycles. The third kappa shape index (κ3) is 2.41. The number of aryl methyl sites for hydroxylation is 2. The molecular formula is C11H11NO. The number of carbonyl (C=O) groups excluding carboxylic acids is 1. The van der Waals surface area contributed by atoms with E-state index in [-0.39, 0.29) is 12.2 Å². The largest absolute Gasteiger partial charge is 0.293 e. The zero-order valence-electron chi connectivity index (χ0n) is 7.79. The predicted molar refractivity (Wildman–Crippen MR) is 51.5 cm³/mol. The first-order valence-electron chi connectivity index (χ1n) is 4.05. The molecule has 1 heterocycles. The van der Waals surface area contributed by atoms with Crippen molar-refractivity contribution in [3.8, 4) is 12.3 Å². The number of pyridine rings is 1. The standard InChI is InChI=1S/C11H11NO/c1-4-5-11(13)10-6-8(2)12-9(3)7-10/h1,6-7H,5H2,2-3H3. The second-order valence-corrected chi connectivity index (χ2v) is 2.94. The number of rotatable bonds is 2. The molecule has 0 spiro atoms. The van der Waals surface area contributed by atoms with Gasteiger partial charge in [0, 0.05) is 17.0 Å². The van der Waals surface area contributed by atoms with Crippen molar-refractivity contribution in [3.05, 3.63) is 29.1 Å². The molecule has 0 fully saturated rings. The highest BCUT2D eigenvalue weighted by Crippen LogP contribution is 2.07. The van der Waals surface area contributed by atoms with Gasteiger partial charge < -0.3 is 0 Å². The van der Waals surface area contributed by atoms with Gasteiger partial charge in [-0.1, -0.05) is 5.92 Å². The Bertz CT molecular complexity index is 354. The van der Waals surface area contributed by atoms with Crippen molar-refractivity contribution < 1.29 is 4.79 Å². The summed E-state index contributed by atoms with van der Waals surface area (Å²) in [4.78, 5) is 15.6. The highest BCUT2D eigenvalue weighted by molar-refractivity contribution is 5.97. The van der Waals surface area contributed by atoms with Crippen LogP contribution in [0, 0.1) is 26.2 Å². The number of hydrogen-bond donors (Lipinski definition) is 0. The summed E-state index contributed by atoms with van der Waals surface area (Å²) >= 11 is 0. The first-order valence-corrected chi connectivity index (χ1v) is 4.05. The molecule has 0 aliphatic heterocycles. The fraction of sp³-hybridized carbons (Fsp3) is 0.273. The minimum absolute atomic E-state index is 0.0175. The maximum Gasteiger partial charge on any atom is 0.174 e.